The van der Waals surface area contributed by atoms with E-state index in [1.165, 1.54) is 0 Å². The van der Waals surface area contributed by atoms with E-state index in [1.807, 2.05) is 43.0 Å². The Bertz CT molecular complexity index is 1070. The van der Waals surface area contributed by atoms with Crippen LogP contribution in [0.15, 0.2) is 24.3 Å². The average Bonchev–Trinajstić information content (AvgIpc) is 3.51. The average molecular weight is 454 g/mol. The van der Waals surface area contributed by atoms with Crippen molar-refractivity contribution in [2.24, 2.45) is 0 Å². The number of fused-ring (bicyclic) bond motifs is 1. The van der Waals surface area contributed by atoms with Crippen LogP contribution in [-0.4, -0.2) is 51.9 Å². The zero-order valence-electron chi connectivity index (χ0n) is 19.5. The third-order valence-electron chi connectivity index (χ3n) is 6.97. The molecule has 33 heavy (non-hydrogen) atoms. The van der Waals surface area contributed by atoms with E-state index in [4.69, 9.17) is 9.47 Å². The number of amides is 2. The van der Waals surface area contributed by atoms with Gasteiger partial charge < -0.3 is 25.0 Å². The van der Waals surface area contributed by atoms with Gasteiger partial charge in [0.05, 0.1) is 17.8 Å². The Morgan fingerprint density at radius 3 is 2.76 bits per heavy atom. The van der Waals surface area contributed by atoms with Crippen LogP contribution in [0.3, 0.4) is 0 Å². The highest BCUT2D eigenvalue weighted by Crippen LogP contribution is 2.35. The topological polar surface area (TPSA) is 109 Å². The molecule has 2 saturated heterocycles. The summed E-state index contributed by atoms with van der Waals surface area (Å²) in [7, 11) is 0. The highest BCUT2D eigenvalue weighted by atomic mass is 16.6. The highest BCUT2D eigenvalue weighted by Gasteiger charge is 2.37. The normalized spacial score (nSPS) is 28.0. The Hall–Kier alpha value is -3.07. The molecule has 4 heterocycles. The smallest absolute Gasteiger partial charge is 0.410 e. The number of H-pyrrole nitrogens is 1. The Morgan fingerprint density at radius 1 is 1.24 bits per heavy atom. The van der Waals surface area contributed by atoms with Crippen LogP contribution in [0.25, 0.3) is 0 Å². The molecule has 2 amide bonds. The van der Waals surface area contributed by atoms with E-state index in [-0.39, 0.29) is 36.3 Å². The van der Waals surface area contributed by atoms with Gasteiger partial charge in [-0.25, -0.2) is 4.79 Å². The maximum Gasteiger partial charge on any atom is 0.410 e. The number of hydrogen-bond donors (Lipinski definition) is 3. The molecule has 4 atom stereocenters. The Labute approximate surface area is 193 Å². The number of rotatable bonds is 4. The van der Waals surface area contributed by atoms with E-state index in [2.05, 4.69) is 34.7 Å². The first kappa shape index (κ1) is 21.8. The van der Waals surface area contributed by atoms with Crippen molar-refractivity contribution in [3.63, 3.8) is 0 Å². The van der Waals surface area contributed by atoms with Gasteiger partial charge in [0.2, 0.25) is 0 Å². The van der Waals surface area contributed by atoms with Gasteiger partial charge in [-0.2, -0.15) is 5.10 Å². The number of ether oxygens (including phenoxy) is 2. The van der Waals surface area contributed by atoms with Crippen LogP contribution in [0.1, 0.15) is 74.7 Å². The van der Waals surface area contributed by atoms with Crippen molar-refractivity contribution >= 4 is 23.5 Å². The quantitative estimate of drug-likeness (QED) is 0.646. The number of benzene rings is 1. The van der Waals surface area contributed by atoms with Crippen LogP contribution in [0.2, 0.25) is 0 Å². The number of carbonyl (C=O) groups is 2. The van der Waals surface area contributed by atoms with Gasteiger partial charge in [0.15, 0.2) is 5.82 Å². The maximum atomic E-state index is 12.6. The highest BCUT2D eigenvalue weighted by molar-refractivity contribution is 6.00. The molecule has 3 aliphatic heterocycles. The Morgan fingerprint density at radius 2 is 2.00 bits per heavy atom. The van der Waals surface area contributed by atoms with Crippen molar-refractivity contribution in [1.82, 2.24) is 20.4 Å². The van der Waals surface area contributed by atoms with E-state index in [1.54, 1.807) is 0 Å². The fourth-order valence-electron chi connectivity index (χ4n) is 5.12. The Balaban J connectivity index is 1.21. The lowest BCUT2D eigenvalue weighted by atomic mass is 9.94. The van der Waals surface area contributed by atoms with Gasteiger partial charge >= 0.3 is 6.09 Å². The second-order valence-electron chi connectivity index (χ2n) is 9.92. The van der Waals surface area contributed by atoms with Crippen molar-refractivity contribution in [3.05, 3.63) is 41.1 Å². The number of likely N-dealkylation sites (tertiary alicyclic amines) is 1. The first-order chi connectivity index (χ1) is 15.7. The fraction of sp³-hybridized carbons (Fsp3) is 0.542. The molecule has 3 aliphatic rings. The van der Waals surface area contributed by atoms with Crippen molar-refractivity contribution in [1.29, 1.82) is 0 Å². The van der Waals surface area contributed by atoms with Gasteiger partial charge in [-0.15, -0.1) is 0 Å². The summed E-state index contributed by atoms with van der Waals surface area (Å²) in [4.78, 5) is 26.6. The van der Waals surface area contributed by atoms with Gasteiger partial charge in [-0.3, -0.25) is 9.89 Å². The zero-order chi connectivity index (χ0) is 23.3. The zero-order valence-corrected chi connectivity index (χ0v) is 19.5. The lowest BCUT2D eigenvalue weighted by Crippen LogP contribution is -2.40. The second-order valence-corrected chi connectivity index (χ2v) is 9.92. The predicted molar refractivity (Wildman–Crippen MR) is 122 cm³/mol. The SMILES string of the molecule is C[C@H]1CC[C@H](C)N1C(=O)O[C@@H]1CO[C@H](c2cc(Nc3ccc4c(c3)C(C)(C)NC4=O)n[nH]2)C1. The minimum atomic E-state index is -0.407. The van der Waals surface area contributed by atoms with Crippen molar-refractivity contribution in [3.8, 4) is 0 Å². The lowest BCUT2D eigenvalue weighted by molar-refractivity contribution is 0.0416. The summed E-state index contributed by atoms with van der Waals surface area (Å²) in [6, 6.07) is 8.01. The van der Waals surface area contributed by atoms with Gasteiger partial charge in [0.1, 0.15) is 12.2 Å². The largest absolute Gasteiger partial charge is 0.444 e. The molecule has 0 radical (unpaired) electrons. The number of anilines is 2. The van der Waals surface area contributed by atoms with Gasteiger partial charge in [-0.05, 0) is 64.3 Å². The Kier molecular flexibility index (Phi) is 5.31. The molecule has 0 spiro atoms. The van der Waals surface area contributed by atoms with E-state index < -0.39 is 5.54 Å². The van der Waals surface area contributed by atoms with Crippen molar-refractivity contribution < 1.29 is 19.1 Å². The van der Waals surface area contributed by atoms with E-state index in [9.17, 15) is 9.59 Å². The summed E-state index contributed by atoms with van der Waals surface area (Å²) >= 11 is 0. The first-order valence-corrected chi connectivity index (χ1v) is 11.6. The number of hydrogen-bond acceptors (Lipinski definition) is 6. The van der Waals surface area contributed by atoms with E-state index in [0.29, 0.717) is 24.4 Å². The van der Waals surface area contributed by atoms with Crippen LogP contribution in [0.4, 0.5) is 16.3 Å². The van der Waals surface area contributed by atoms with Gasteiger partial charge in [0, 0.05) is 35.8 Å². The molecule has 176 valence electrons. The predicted octanol–water partition coefficient (Wildman–Crippen LogP) is 3.97. The number of carbonyl (C=O) groups excluding carboxylic acids is 2. The molecule has 0 bridgehead atoms. The molecule has 3 N–H and O–H groups in total. The maximum absolute atomic E-state index is 12.6. The molecule has 1 aromatic heterocycles. The van der Waals surface area contributed by atoms with Crippen LogP contribution >= 0.6 is 0 Å². The van der Waals surface area contributed by atoms with Crippen LogP contribution in [-0.2, 0) is 15.0 Å². The molecule has 2 aromatic rings. The number of aromatic amines is 1. The summed E-state index contributed by atoms with van der Waals surface area (Å²) in [5.41, 5.74) is 2.93. The first-order valence-electron chi connectivity index (χ1n) is 11.6. The van der Waals surface area contributed by atoms with Gasteiger partial charge in [0.25, 0.3) is 5.91 Å². The van der Waals surface area contributed by atoms with Crippen LogP contribution < -0.4 is 10.6 Å². The number of nitrogens with zero attached hydrogens (tertiary/aromatic N) is 2. The molecule has 1 aromatic carbocycles. The molecule has 9 heteroatoms. The van der Waals surface area contributed by atoms with E-state index >= 15 is 0 Å². The summed E-state index contributed by atoms with van der Waals surface area (Å²) < 4.78 is 11.6. The molecule has 0 saturated carbocycles. The molecule has 0 aliphatic carbocycles. The molecular weight excluding hydrogens is 422 g/mol. The summed E-state index contributed by atoms with van der Waals surface area (Å²) in [6.45, 7) is 8.47. The molecule has 2 fully saturated rings. The standard InChI is InChI=1S/C24H31N5O4/c1-13-5-6-14(2)29(13)23(31)33-16-10-20(32-12-16)19-11-21(28-27-19)25-15-7-8-17-18(9-15)24(3,4)26-22(17)30/h7-9,11,13-14,16,20H,5-6,10,12H2,1-4H3,(H,26,30)(H2,25,27,28)/t13-,14-,16-,20-/m0/s1. The summed E-state index contributed by atoms with van der Waals surface area (Å²) in [5.74, 6) is 0.606. The van der Waals surface area contributed by atoms with Crippen molar-refractivity contribution in [2.75, 3.05) is 11.9 Å². The van der Waals surface area contributed by atoms with Crippen molar-refractivity contribution in [2.45, 2.75) is 76.8 Å². The molecule has 0 unspecified atom stereocenters. The molecular formula is C24H31N5O4. The third kappa shape index (κ3) is 4.06. The fourth-order valence-corrected chi connectivity index (χ4v) is 5.12. The minimum absolute atomic E-state index is 0.0501. The molecule has 9 nitrogen and oxygen atoms in total. The number of nitrogens with one attached hydrogen (secondary N) is 3. The second kappa shape index (κ2) is 8.06. The monoisotopic (exact) mass is 453 g/mol. The lowest BCUT2D eigenvalue weighted by Gasteiger charge is -2.26. The van der Waals surface area contributed by atoms with Crippen LogP contribution in [0.5, 0.6) is 0 Å². The van der Waals surface area contributed by atoms with E-state index in [0.717, 1.165) is 29.8 Å². The van der Waals surface area contributed by atoms with Gasteiger partial charge in [-0.1, -0.05) is 0 Å². The minimum Gasteiger partial charge on any atom is -0.444 e. The molecule has 5 rings (SSSR count). The summed E-state index contributed by atoms with van der Waals surface area (Å²) in [5, 5.41) is 13.7. The number of aromatic nitrogens is 2. The third-order valence-corrected chi connectivity index (χ3v) is 6.97. The van der Waals surface area contributed by atoms with Crippen LogP contribution in [0, 0.1) is 0 Å². The summed E-state index contributed by atoms with van der Waals surface area (Å²) in [6.07, 6.45) is 1.88.